The van der Waals surface area contributed by atoms with E-state index in [1.165, 1.54) is 38.0 Å². The van der Waals surface area contributed by atoms with E-state index >= 15 is 0 Å². The Morgan fingerprint density at radius 1 is 0.850 bits per heavy atom. The third-order valence-corrected chi connectivity index (χ3v) is 14.9. The molecule has 2 aliphatic rings. The number of hydrogen-bond donors (Lipinski definition) is 0. The molecule has 20 heavy (non-hydrogen) atoms. The van der Waals surface area contributed by atoms with E-state index in [2.05, 4.69) is 38.1 Å². The van der Waals surface area contributed by atoms with Gasteiger partial charge in [0.05, 0.1) is 0 Å². The molecule has 0 aliphatic carbocycles. The summed E-state index contributed by atoms with van der Waals surface area (Å²) in [6.45, 7) is 14.5. The zero-order valence-electron chi connectivity index (χ0n) is 13.0. The summed E-state index contributed by atoms with van der Waals surface area (Å²) in [6.07, 6.45) is 8.24. The maximum absolute atomic E-state index is 4.81. The normalized spacial score (nSPS) is 41.2. The highest BCUT2D eigenvalue weighted by molar-refractivity contribution is 7.90. The summed E-state index contributed by atoms with van der Waals surface area (Å²) >= 11 is 0. The first-order valence-electron chi connectivity index (χ1n) is 8.03. The molecule has 4 atom stereocenters. The Balaban J connectivity index is 2.10. The van der Waals surface area contributed by atoms with E-state index in [-0.39, 0.29) is 0 Å². The lowest BCUT2D eigenvalue weighted by molar-refractivity contribution is 0.835. The fourth-order valence-electron chi connectivity index (χ4n) is 4.21. The van der Waals surface area contributed by atoms with Crippen molar-refractivity contribution in [1.29, 1.82) is 0 Å². The number of rotatable bonds is 2. The molecule has 2 fully saturated rings. The zero-order chi connectivity index (χ0) is 14.4. The first kappa shape index (κ1) is 15.0. The summed E-state index contributed by atoms with van der Waals surface area (Å²) in [5.74, 6) is 0. The number of benzene rings is 1. The maximum atomic E-state index is 4.81. The van der Waals surface area contributed by atoms with Gasteiger partial charge in [0, 0.05) is 23.6 Å². The van der Waals surface area contributed by atoms with E-state index in [1.54, 1.807) is 10.6 Å². The first-order valence-corrected chi connectivity index (χ1v) is 12.5. The van der Waals surface area contributed by atoms with Gasteiger partial charge in [-0.25, -0.2) is 0 Å². The van der Waals surface area contributed by atoms with Crippen LogP contribution in [0.25, 0.3) is 0 Å². The Bertz CT molecular complexity index is 453. The van der Waals surface area contributed by atoms with E-state index in [0.717, 1.165) is 11.3 Å². The molecule has 1 aromatic rings. The second-order valence-electron chi connectivity index (χ2n) is 6.99. The van der Waals surface area contributed by atoms with Gasteiger partial charge in [0.25, 0.3) is 0 Å². The third kappa shape index (κ3) is 2.19. The van der Waals surface area contributed by atoms with Crippen LogP contribution in [0.5, 0.6) is 0 Å². The Labute approximate surface area is 126 Å². The van der Waals surface area contributed by atoms with Crippen molar-refractivity contribution in [2.24, 2.45) is 0 Å². The van der Waals surface area contributed by atoms with Crippen molar-refractivity contribution in [3.8, 4) is 0 Å². The van der Waals surface area contributed by atoms with E-state index in [1.807, 2.05) is 0 Å². The van der Waals surface area contributed by atoms with Crippen molar-refractivity contribution >= 4 is 25.1 Å². The lowest BCUT2D eigenvalue weighted by atomic mass is 10.3. The predicted octanol–water partition coefficient (Wildman–Crippen LogP) is 4.92. The molecule has 2 unspecified atom stereocenters. The molecule has 0 nitrogen and oxygen atoms in total. The van der Waals surface area contributed by atoms with Crippen LogP contribution in [0.3, 0.4) is 0 Å². The fraction of sp³-hybridized carbons (Fsp3) is 0.556. The standard InChI is InChI=1S/C18H28P2/c1-15-9-7-13-19(15,3)17-11-5-6-12-18(17)20(4)14-8-10-16(20)2/h5-6,11-12,15-16H,3-4,7-10,13-14H2,1-2H3/t15-,16-,19?,20?/m1/s1. The Morgan fingerprint density at radius 3 is 1.55 bits per heavy atom. The van der Waals surface area contributed by atoms with Gasteiger partial charge >= 0.3 is 0 Å². The molecule has 2 heteroatoms. The van der Waals surface area contributed by atoms with Gasteiger partial charge in [0.1, 0.15) is 10.6 Å². The highest BCUT2D eigenvalue weighted by Gasteiger charge is 2.47. The summed E-state index contributed by atoms with van der Waals surface area (Å²) < 4.78 is 0. The van der Waals surface area contributed by atoms with E-state index in [4.69, 9.17) is 13.3 Å². The third-order valence-electron chi connectivity index (χ3n) is 5.89. The molecule has 0 aromatic heterocycles. The van der Waals surface area contributed by atoms with Gasteiger partial charge in [-0.3, -0.25) is 0 Å². The van der Waals surface area contributed by atoms with E-state index in [9.17, 15) is 0 Å². The average molecular weight is 306 g/mol. The van der Waals surface area contributed by atoms with Gasteiger partial charge in [-0.2, -0.15) is 13.3 Å². The van der Waals surface area contributed by atoms with Crippen LogP contribution >= 0.6 is 14.5 Å². The molecular formula is C18H28P2. The lowest BCUT2D eigenvalue weighted by Gasteiger charge is -2.37. The van der Waals surface area contributed by atoms with Gasteiger partial charge in [-0.05, 0) is 51.7 Å². The summed E-state index contributed by atoms with van der Waals surface area (Å²) in [4.78, 5) is 0. The van der Waals surface area contributed by atoms with Gasteiger partial charge < -0.3 is 0 Å². The molecule has 1 aromatic carbocycles. The average Bonchev–Trinajstić information content (AvgIpc) is 2.96. The van der Waals surface area contributed by atoms with Gasteiger partial charge in [0.2, 0.25) is 0 Å². The van der Waals surface area contributed by atoms with Crippen LogP contribution in [0.1, 0.15) is 39.5 Å². The van der Waals surface area contributed by atoms with Crippen LogP contribution in [0.4, 0.5) is 0 Å². The molecular weight excluding hydrogens is 278 g/mol. The lowest BCUT2D eigenvalue weighted by Crippen LogP contribution is -2.33. The molecule has 0 spiro atoms. The van der Waals surface area contributed by atoms with E-state index in [0.29, 0.717) is 0 Å². The van der Waals surface area contributed by atoms with Crippen molar-refractivity contribution < 1.29 is 0 Å². The van der Waals surface area contributed by atoms with E-state index < -0.39 is 14.5 Å². The van der Waals surface area contributed by atoms with Crippen LogP contribution in [0.2, 0.25) is 0 Å². The van der Waals surface area contributed by atoms with Crippen LogP contribution in [-0.4, -0.2) is 23.6 Å². The molecule has 110 valence electrons. The summed E-state index contributed by atoms with van der Waals surface area (Å²) in [6, 6.07) is 9.30. The SMILES string of the molecule is [CH2-][P+]1(c2ccccc2[P+]2([CH2-])CCC[C@H]2C)CCC[C@H]1C. The highest BCUT2D eigenvalue weighted by Crippen LogP contribution is 2.71. The van der Waals surface area contributed by atoms with Crippen molar-refractivity contribution in [2.45, 2.75) is 50.8 Å². The Kier molecular flexibility index (Phi) is 4.03. The second kappa shape index (κ2) is 5.37. The Morgan fingerprint density at radius 2 is 1.25 bits per heavy atom. The minimum Gasteiger partial charge on any atom is -0.175 e. The molecule has 2 heterocycles. The quantitative estimate of drug-likeness (QED) is 0.537. The van der Waals surface area contributed by atoms with Gasteiger partial charge in [-0.15, -0.1) is 0 Å². The fourth-order valence-corrected chi connectivity index (χ4v) is 12.4. The predicted molar refractivity (Wildman–Crippen MR) is 97.4 cm³/mol. The van der Waals surface area contributed by atoms with Crippen molar-refractivity contribution in [2.75, 3.05) is 12.3 Å². The molecule has 2 aliphatic heterocycles. The van der Waals surface area contributed by atoms with Crippen LogP contribution in [0, 0.1) is 13.3 Å². The molecule has 0 amide bonds. The summed E-state index contributed by atoms with van der Waals surface area (Å²) in [5.41, 5.74) is 1.63. The van der Waals surface area contributed by atoms with Gasteiger partial charge in [-0.1, -0.05) is 26.7 Å². The summed E-state index contributed by atoms with van der Waals surface area (Å²) in [5, 5.41) is 3.31. The van der Waals surface area contributed by atoms with Gasteiger partial charge in [0.15, 0.2) is 0 Å². The largest absolute Gasteiger partial charge is 0.175 e. The van der Waals surface area contributed by atoms with Crippen LogP contribution in [-0.2, 0) is 0 Å². The van der Waals surface area contributed by atoms with Crippen molar-refractivity contribution in [1.82, 2.24) is 0 Å². The Hall–Kier alpha value is 0.0800. The topological polar surface area (TPSA) is 0 Å². The monoisotopic (exact) mass is 306 g/mol. The molecule has 0 radical (unpaired) electrons. The smallest absolute Gasteiger partial charge is 0.104 e. The second-order valence-corrected chi connectivity index (χ2v) is 14.7. The highest BCUT2D eigenvalue weighted by atomic mass is 31.2. The minimum absolute atomic E-state index is 0.813. The molecule has 3 rings (SSSR count). The van der Waals surface area contributed by atoms with Crippen molar-refractivity contribution in [3.05, 3.63) is 37.6 Å². The molecule has 0 N–H and O–H groups in total. The van der Waals surface area contributed by atoms with Crippen molar-refractivity contribution in [3.63, 3.8) is 0 Å². The molecule has 0 bridgehead atoms. The molecule has 0 saturated carbocycles. The van der Waals surface area contributed by atoms with Crippen LogP contribution in [0.15, 0.2) is 24.3 Å². The first-order chi connectivity index (χ1) is 9.48. The summed E-state index contributed by atoms with van der Waals surface area (Å²) in [7, 11) is -2.37. The van der Waals surface area contributed by atoms with Crippen LogP contribution < -0.4 is 10.6 Å². The number of hydrogen-bond acceptors (Lipinski definition) is 0. The zero-order valence-corrected chi connectivity index (χ0v) is 14.8. The molecule has 2 saturated heterocycles. The maximum Gasteiger partial charge on any atom is 0.104 e. The minimum atomic E-state index is -1.18.